The number of amides is 1. The number of morpholine rings is 1. The standard InChI is InChI=1S/C15H23N3O3/c1-10-6-11(17-16)4-5-13(10)14(20)18-7-12(8-19)21-15(2,3)9-18/h4-6,12,17,19H,7-9,16H2,1-3H3. The fourth-order valence-corrected chi connectivity index (χ4v) is 2.71. The van der Waals surface area contributed by atoms with Crippen LogP contribution in [0.2, 0.25) is 0 Å². The van der Waals surface area contributed by atoms with Crippen LogP contribution in [0.3, 0.4) is 0 Å². The number of aryl methyl sites for hydroxylation is 1. The minimum Gasteiger partial charge on any atom is -0.394 e. The van der Waals surface area contributed by atoms with Gasteiger partial charge in [-0.3, -0.25) is 10.6 Å². The van der Waals surface area contributed by atoms with Crippen LogP contribution in [0, 0.1) is 6.92 Å². The Morgan fingerprint density at radius 3 is 2.86 bits per heavy atom. The van der Waals surface area contributed by atoms with Crippen LogP contribution in [0.5, 0.6) is 0 Å². The maximum Gasteiger partial charge on any atom is 0.254 e. The molecule has 1 saturated heterocycles. The highest BCUT2D eigenvalue weighted by Gasteiger charge is 2.35. The van der Waals surface area contributed by atoms with Gasteiger partial charge in [0.25, 0.3) is 5.91 Å². The Morgan fingerprint density at radius 1 is 1.57 bits per heavy atom. The SMILES string of the molecule is Cc1cc(NN)ccc1C(=O)N1CC(CO)OC(C)(C)C1. The van der Waals surface area contributed by atoms with Crippen LogP contribution in [0.1, 0.15) is 29.8 Å². The molecule has 0 aromatic heterocycles. The summed E-state index contributed by atoms with van der Waals surface area (Å²) in [4.78, 5) is 14.4. The van der Waals surface area contributed by atoms with Gasteiger partial charge in [-0.2, -0.15) is 0 Å². The van der Waals surface area contributed by atoms with Crippen molar-refractivity contribution < 1.29 is 14.6 Å². The Morgan fingerprint density at radius 2 is 2.29 bits per heavy atom. The molecule has 1 aromatic carbocycles. The van der Waals surface area contributed by atoms with Crippen molar-refractivity contribution in [2.24, 2.45) is 5.84 Å². The number of carbonyl (C=O) groups is 1. The van der Waals surface area contributed by atoms with Crippen molar-refractivity contribution >= 4 is 11.6 Å². The number of hydrazine groups is 1. The summed E-state index contributed by atoms with van der Waals surface area (Å²) >= 11 is 0. The van der Waals surface area contributed by atoms with Crippen molar-refractivity contribution in [1.29, 1.82) is 0 Å². The molecule has 21 heavy (non-hydrogen) atoms. The molecule has 1 atom stereocenters. The number of hydrogen-bond acceptors (Lipinski definition) is 5. The Bertz CT molecular complexity index is 531. The number of nitrogens with zero attached hydrogens (tertiary/aromatic N) is 1. The number of nitrogens with two attached hydrogens (primary N) is 1. The van der Waals surface area contributed by atoms with Crippen molar-refractivity contribution in [1.82, 2.24) is 4.90 Å². The number of nitrogen functional groups attached to an aromatic ring is 1. The minimum absolute atomic E-state index is 0.0501. The molecule has 2 rings (SSSR count). The van der Waals surface area contributed by atoms with Gasteiger partial charge in [0, 0.05) is 24.3 Å². The molecule has 1 aliphatic rings. The molecule has 6 nitrogen and oxygen atoms in total. The molecule has 6 heteroatoms. The lowest BCUT2D eigenvalue weighted by Crippen LogP contribution is -2.55. The quantitative estimate of drug-likeness (QED) is 0.569. The molecule has 1 unspecified atom stereocenters. The van der Waals surface area contributed by atoms with Gasteiger partial charge in [-0.05, 0) is 44.5 Å². The van der Waals surface area contributed by atoms with Gasteiger partial charge in [-0.15, -0.1) is 0 Å². The second-order valence-electron chi connectivity index (χ2n) is 6.04. The largest absolute Gasteiger partial charge is 0.394 e. The molecule has 0 bridgehead atoms. The molecule has 0 saturated carbocycles. The summed E-state index contributed by atoms with van der Waals surface area (Å²) in [5.41, 5.74) is 4.37. The molecule has 116 valence electrons. The topological polar surface area (TPSA) is 87.8 Å². The molecule has 1 aromatic rings. The van der Waals surface area contributed by atoms with E-state index in [1.54, 1.807) is 17.0 Å². The van der Waals surface area contributed by atoms with E-state index in [0.29, 0.717) is 18.7 Å². The first-order valence-corrected chi connectivity index (χ1v) is 7.01. The molecule has 1 aliphatic heterocycles. The van der Waals surface area contributed by atoms with Crippen molar-refractivity contribution in [2.45, 2.75) is 32.5 Å². The Kier molecular flexibility index (Phi) is 4.51. The van der Waals surface area contributed by atoms with E-state index in [1.807, 2.05) is 26.8 Å². The number of hydrogen-bond donors (Lipinski definition) is 3. The van der Waals surface area contributed by atoms with E-state index in [2.05, 4.69) is 5.43 Å². The van der Waals surface area contributed by atoms with Crippen LogP contribution >= 0.6 is 0 Å². The molecular weight excluding hydrogens is 270 g/mol. The highest BCUT2D eigenvalue weighted by molar-refractivity contribution is 5.96. The molecule has 0 spiro atoms. The van der Waals surface area contributed by atoms with Crippen LogP contribution in [-0.2, 0) is 4.74 Å². The molecule has 1 amide bonds. The van der Waals surface area contributed by atoms with Crippen molar-refractivity contribution in [3.63, 3.8) is 0 Å². The van der Waals surface area contributed by atoms with Gasteiger partial charge in [0.15, 0.2) is 0 Å². The third-order valence-corrected chi connectivity index (χ3v) is 3.60. The molecule has 1 fully saturated rings. The Hall–Kier alpha value is -1.63. The van der Waals surface area contributed by atoms with Crippen LogP contribution in [0.4, 0.5) is 5.69 Å². The van der Waals surface area contributed by atoms with Gasteiger partial charge in [-0.1, -0.05) is 0 Å². The van der Waals surface area contributed by atoms with Crippen LogP contribution in [-0.4, -0.2) is 47.3 Å². The number of ether oxygens (including phenoxy) is 1. The maximum atomic E-state index is 12.7. The smallest absolute Gasteiger partial charge is 0.254 e. The predicted octanol–water partition coefficient (Wildman–Crippen LogP) is 0.893. The maximum absolute atomic E-state index is 12.7. The van der Waals surface area contributed by atoms with Crippen LogP contribution in [0.25, 0.3) is 0 Å². The van der Waals surface area contributed by atoms with Gasteiger partial charge >= 0.3 is 0 Å². The molecule has 4 N–H and O–H groups in total. The number of benzene rings is 1. The summed E-state index contributed by atoms with van der Waals surface area (Å²) in [5.74, 6) is 5.32. The molecule has 0 radical (unpaired) electrons. The van der Waals surface area contributed by atoms with E-state index in [0.717, 1.165) is 11.3 Å². The Labute approximate surface area is 124 Å². The van der Waals surface area contributed by atoms with Gasteiger partial charge in [0.05, 0.1) is 18.3 Å². The first kappa shape index (κ1) is 15.8. The summed E-state index contributed by atoms with van der Waals surface area (Å²) in [6, 6.07) is 5.38. The molecule has 0 aliphatic carbocycles. The van der Waals surface area contributed by atoms with E-state index < -0.39 is 5.60 Å². The normalized spacial score (nSPS) is 21.2. The summed E-state index contributed by atoms with van der Waals surface area (Å²) in [5, 5.41) is 9.33. The highest BCUT2D eigenvalue weighted by atomic mass is 16.5. The van der Waals surface area contributed by atoms with Gasteiger partial charge in [0.2, 0.25) is 0 Å². The second-order valence-corrected chi connectivity index (χ2v) is 6.04. The predicted molar refractivity (Wildman–Crippen MR) is 80.9 cm³/mol. The summed E-state index contributed by atoms with van der Waals surface area (Å²) < 4.78 is 5.74. The van der Waals surface area contributed by atoms with Gasteiger partial charge in [-0.25, -0.2) is 0 Å². The summed E-state index contributed by atoms with van der Waals surface area (Å²) in [7, 11) is 0. The summed E-state index contributed by atoms with van der Waals surface area (Å²) in [6.07, 6.45) is -0.344. The average molecular weight is 293 g/mol. The fourth-order valence-electron chi connectivity index (χ4n) is 2.71. The van der Waals surface area contributed by atoms with Crippen molar-refractivity contribution in [3.05, 3.63) is 29.3 Å². The van der Waals surface area contributed by atoms with E-state index in [1.165, 1.54) is 0 Å². The number of rotatable bonds is 3. The van der Waals surface area contributed by atoms with Crippen LogP contribution < -0.4 is 11.3 Å². The van der Waals surface area contributed by atoms with E-state index in [4.69, 9.17) is 10.6 Å². The third-order valence-electron chi connectivity index (χ3n) is 3.60. The van der Waals surface area contributed by atoms with Crippen molar-refractivity contribution in [2.75, 3.05) is 25.1 Å². The number of anilines is 1. The zero-order chi connectivity index (χ0) is 15.6. The lowest BCUT2D eigenvalue weighted by atomic mass is 10.0. The second kappa shape index (κ2) is 6.01. The third kappa shape index (κ3) is 3.53. The number of nitrogens with one attached hydrogen (secondary N) is 1. The van der Waals surface area contributed by atoms with Crippen molar-refractivity contribution in [3.8, 4) is 0 Å². The first-order valence-electron chi connectivity index (χ1n) is 7.01. The van der Waals surface area contributed by atoms with E-state index in [9.17, 15) is 9.90 Å². The number of carbonyl (C=O) groups excluding carboxylic acids is 1. The minimum atomic E-state index is -0.464. The number of aliphatic hydroxyl groups is 1. The number of aliphatic hydroxyl groups excluding tert-OH is 1. The zero-order valence-corrected chi connectivity index (χ0v) is 12.7. The van der Waals surface area contributed by atoms with E-state index >= 15 is 0 Å². The fraction of sp³-hybridized carbons (Fsp3) is 0.533. The lowest BCUT2D eigenvalue weighted by molar-refractivity contribution is -0.139. The Balaban J connectivity index is 2.22. The monoisotopic (exact) mass is 293 g/mol. The first-order chi connectivity index (χ1) is 9.86. The van der Waals surface area contributed by atoms with Gasteiger partial charge < -0.3 is 20.2 Å². The van der Waals surface area contributed by atoms with E-state index in [-0.39, 0.29) is 18.6 Å². The van der Waals surface area contributed by atoms with Crippen LogP contribution in [0.15, 0.2) is 18.2 Å². The van der Waals surface area contributed by atoms with Gasteiger partial charge in [0.1, 0.15) is 0 Å². The zero-order valence-electron chi connectivity index (χ0n) is 12.7. The highest BCUT2D eigenvalue weighted by Crippen LogP contribution is 2.24. The molecule has 1 heterocycles. The lowest BCUT2D eigenvalue weighted by Gasteiger charge is -2.42. The average Bonchev–Trinajstić information content (AvgIpc) is 2.44. The molecular formula is C15H23N3O3. The summed E-state index contributed by atoms with van der Waals surface area (Å²) in [6.45, 7) is 6.52.